The average molecular weight is 249 g/mol. The van der Waals surface area contributed by atoms with Gasteiger partial charge in [-0.05, 0) is 23.8 Å². The summed E-state index contributed by atoms with van der Waals surface area (Å²) in [7, 11) is 4.22. The van der Waals surface area contributed by atoms with Gasteiger partial charge in [-0.2, -0.15) is 0 Å². The number of nitrogens with one attached hydrogen (secondary N) is 1. The number of carboxylic acids is 1. The van der Waals surface area contributed by atoms with Crippen LogP contribution in [0, 0.1) is 0 Å². The average Bonchev–Trinajstić information content (AvgIpc) is 2.33. The highest BCUT2D eigenvalue weighted by atomic mass is 16.5. The maximum atomic E-state index is 10.2. The summed E-state index contributed by atoms with van der Waals surface area (Å²) in [5.74, 6) is -0.393. The molecule has 0 saturated carbocycles. The molecule has 0 aliphatic heterocycles. The van der Waals surface area contributed by atoms with Crippen molar-refractivity contribution in [3.8, 4) is 5.75 Å². The van der Waals surface area contributed by atoms with Crippen molar-refractivity contribution >= 4 is 12.0 Å². The summed E-state index contributed by atoms with van der Waals surface area (Å²) in [5, 5.41) is 10.2. The van der Waals surface area contributed by atoms with E-state index in [2.05, 4.69) is 14.1 Å². The van der Waals surface area contributed by atoms with Crippen LogP contribution in [0.5, 0.6) is 5.75 Å². The van der Waals surface area contributed by atoms with Gasteiger partial charge >= 0.3 is 0 Å². The normalized spacial score (nSPS) is 11.1. The quantitative estimate of drug-likeness (QED) is 0.517. The molecule has 0 unspecified atom stereocenters. The number of hydrogen-bond donors (Lipinski definition) is 1. The number of aliphatic carboxylic acids is 1. The smallest absolute Gasteiger partial charge is 0.119 e. The van der Waals surface area contributed by atoms with Crippen LogP contribution in [0.4, 0.5) is 0 Å². The molecule has 4 heteroatoms. The highest BCUT2D eigenvalue weighted by Gasteiger charge is 1.96. The Kier molecular flexibility index (Phi) is 5.94. The Balaban J connectivity index is 2.38. The number of rotatable bonds is 7. The molecule has 1 rings (SSSR count). The third-order valence-corrected chi connectivity index (χ3v) is 2.38. The van der Waals surface area contributed by atoms with E-state index in [0.29, 0.717) is 6.61 Å². The molecule has 0 aromatic heterocycles. The van der Waals surface area contributed by atoms with Crippen LogP contribution >= 0.6 is 0 Å². The number of ether oxygens (including phenoxy) is 1. The minimum Gasteiger partial charge on any atom is -0.545 e. The van der Waals surface area contributed by atoms with Gasteiger partial charge in [-0.15, -0.1) is 0 Å². The third kappa shape index (κ3) is 6.06. The molecular weight excluding hydrogens is 230 g/mol. The topological polar surface area (TPSA) is 53.8 Å². The third-order valence-electron chi connectivity index (χ3n) is 2.38. The Bertz CT molecular complexity index is 396. The first-order valence-electron chi connectivity index (χ1n) is 5.99. The van der Waals surface area contributed by atoms with Crippen LogP contribution in [-0.4, -0.2) is 33.2 Å². The summed E-state index contributed by atoms with van der Waals surface area (Å²) in [5.41, 5.74) is 0.810. The molecule has 1 aromatic carbocycles. The number of benzene rings is 1. The number of carbonyl (C=O) groups excluding carboxylic acids is 1. The Morgan fingerprint density at radius 1 is 1.33 bits per heavy atom. The van der Waals surface area contributed by atoms with E-state index in [1.807, 2.05) is 24.3 Å². The number of carbonyl (C=O) groups is 1. The summed E-state index contributed by atoms with van der Waals surface area (Å²) >= 11 is 0. The van der Waals surface area contributed by atoms with Crippen LogP contribution in [0.1, 0.15) is 12.0 Å². The number of quaternary nitrogens is 1. The van der Waals surface area contributed by atoms with Gasteiger partial charge in [-0.3, -0.25) is 0 Å². The van der Waals surface area contributed by atoms with Crippen molar-refractivity contribution in [2.45, 2.75) is 6.42 Å². The SMILES string of the molecule is C[NH+](C)CCCOc1ccc(/C=C/C(=O)[O-])cc1. The van der Waals surface area contributed by atoms with Gasteiger partial charge in [0, 0.05) is 6.42 Å². The molecule has 0 fully saturated rings. The van der Waals surface area contributed by atoms with Crippen LogP contribution < -0.4 is 14.7 Å². The Morgan fingerprint density at radius 2 is 2.00 bits per heavy atom. The van der Waals surface area contributed by atoms with Gasteiger partial charge in [0.1, 0.15) is 5.75 Å². The molecule has 0 atom stereocenters. The molecule has 0 saturated heterocycles. The van der Waals surface area contributed by atoms with E-state index >= 15 is 0 Å². The Labute approximate surface area is 107 Å². The number of carboxylic acid groups (broad SMARTS) is 1. The maximum Gasteiger partial charge on any atom is 0.119 e. The predicted octanol–water partition coefficient (Wildman–Crippen LogP) is -0.637. The van der Waals surface area contributed by atoms with E-state index in [-0.39, 0.29) is 0 Å². The Morgan fingerprint density at radius 3 is 2.56 bits per heavy atom. The van der Waals surface area contributed by atoms with Crippen LogP contribution in [0.25, 0.3) is 6.08 Å². The maximum absolute atomic E-state index is 10.2. The summed E-state index contributed by atoms with van der Waals surface area (Å²) in [6, 6.07) is 7.28. The fourth-order valence-corrected chi connectivity index (χ4v) is 1.46. The first-order chi connectivity index (χ1) is 8.58. The Hall–Kier alpha value is -1.81. The van der Waals surface area contributed by atoms with Crippen LogP contribution in [0.2, 0.25) is 0 Å². The van der Waals surface area contributed by atoms with Gasteiger partial charge < -0.3 is 19.5 Å². The monoisotopic (exact) mass is 249 g/mol. The molecule has 0 aliphatic rings. The molecule has 0 spiro atoms. The van der Waals surface area contributed by atoms with E-state index < -0.39 is 5.97 Å². The minimum atomic E-state index is -1.19. The van der Waals surface area contributed by atoms with Gasteiger partial charge in [0.05, 0.1) is 33.2 Å². The molecule has 0 bridgehead atoms. The lowest BCUT2D eigenvalue weighted by molar-refractivity contribution is -0.858. The predicted molar refractivity (Wildman–Crippen MR) is 68.3 cm³/mol. The first kappa shape index (κ1) is 14.3. The van der Waals surface area contributed by atoms with E-state index in [1.165, 1.54) is 11.0 Å². The van der Waals surface area contributed by atoms with E-state index in [1.54, 1.807) is 0 Å². The summed E-state index contributed by atoms with van der Waals surface area (Å²) in [6.07, 6.45) is 3.51. The summed E-state index contributed by atoms with van der Waals surface area (Å²) < 4.78 is 5.57. The first-order valence-corrected chi connectivity index (χ1v) is 5.99. The van der Waals surface area contributed by atoms with Crippen molar-refractivity contribution in [2.24, 2.45) is 0 Å². The lowest BCUT2D eigenvalue weighted by atomic mass is 10.2. The van der Waals surface area contributed by atoms with Gasteiger partial charge in [0.25, 0.3) is 0 Å². The molecule has 1 N–H and O–H groups in total. The fraction of sp³-hybridized carbons (Fsp3) is 0.357. The van der Waals surface area contributed by atoms with Crippen molar-refractivity contribution in [2.75, 3.05) is 27.2 Å². The molecule has 0 heterocycles. The molecular formula is C14H19NO3. The highest BCUT2D eigenvalue weighted by Crippen LogP contribution is 2.13. The second kappa shape index (κ2) is 7.50. The van der Waals surface area contributed by atoms with Crippen molar-refractivity contribution in [1.82, 2.24) is 0 Å². The molecule has 0 amide bonds. The molecule has 98 valence electrons. The zero-order valence-corrected chi connectivity index (χ0v) is 10.8. The molecule has 0 aliphatic carbocycles. The van der Waals surface area contributed by atoms with Crippen molar-refractivity contribution in [1.29, 1.82) is 0 Å². The molecule has 4 nitrogen and oxygen atoms in total. The fourth-order valence-electron chi connectivity index (χ4n) is 1.46. The van der Waals surface area contributed by atoms with Gasteiger partial charge in [-0.1, -0.05) is 18.2 Å². The lowest BCUT2D eigenvalue weighted by Crippen LogP contribution is -3.05. The van der Waals surface area contributed by atoms with Crippen LogP contribution in [-0.2, 0) is 4.79 Å². The number of hydrogen-bond acceptors (Lipinski definition) is 3. The summed E-state index contributed by atoms with van der Waals surface area (Å²) in [4.78, 5) is 11.6. The van der Waals surface area contributed by atoms with E-state index in [9.17, 15) is 9.90 Å². The summed E-state index contributed by atoms with van der Waals surface area (Å²) in [6.45, 7) is 1.77. The van der Waals surface area contributed by atoms with Gasteiger partial charge in [0.2, 0.25) is 0 Å². The molecule has 18 heavy (non-hydrogen) atoms. The second-order valence-corrected chi connectivity index (χ2v) is 4.38. The van der Waals surface area contributed by atoms with Crippen molar-refractivity contribution in [3.05, 3.63) is 35.9 Å². The second-order valence-electron chi connectivity index (χ2n) is 4.38. The molecule has 1 aromatic rings. The molecule has 0 radical (unpaired) electrons. The van der Waals surface area contributed by atoms with E-state index in [4.69, 9.17) is 4.74 Å². The van der Waals surface area contributed by atoms with Crippen molar-refractivity contribution < 1.29 is 19.5 Å². The van der Waals surface area contributed by atoms with Gasteiger partial charge in [0.15, 0.2) is 0 Å². The highest BCUT2D eigenvalue weighted by molar-refractivity contribution is 5.83. The standard InChI is InChI=1S/C14H19NO3/c1-15(2)10-3-11-18-13-7-4-12(5-8-13)6-9-14(16)17/h4-9H,3,10-11H2,1-2H3,(H,16,17)/b9-6+. The zero-order chi connectivity index (χ0) is 13.4. The largest absolute Gasteiger partial charge is 0.545 e. The minimum absolute atomic E-state index is 0.694. The van der Waals surface area contributed by atoms with Gasteiger partial charge in [-0.25, -0.2) is 0 Å². The lowest BCUT2D eigenvalue weighted by Gasteiger charge is -2.08. The zero-order valence-electron chi connectivity index (χ0n) is 10.8. The van der Waals surface area contributed by atoms with E-state index in [0.717, 1.165) is 30.4 Å². The van der Waals surface area contributed by atoms with Crippen LogP contribution in [0.3, 0.4) is 0 Å². The van der Waals surface area contributed by atoms with Crippen LogP contribution in [0.15, 0.2) is 30.3 Å². The van der Waals surface area contributed by atoms with Crippen molar-refractivity contribution in [3.63, 3.8) is 0 Å².